The highest BCUT2D eigenvalue weighted by molar-refractivity contribution is 6.10. The molecule has 0 amide bonds. The van der Waals surface area contributed by atoms with Crippen LogP contribution in [0.2, 0.25) is 0 Å². The topological polar surface area (TPSA) is 96.4 Å². The summed E-state index contributed by atoms with van der Waals surface area (Å²) in [6, 6.07) is 14.1. The van der Waals surface area contributed by atoms with Crippen molar-refractivity contribution in [2.75, 3.05) is 37.7 Å². The summed E-state index contributed by atoms with van der Waals surface area (Å²) in [4.78, 5) is 36.0. The molecule has 8 nitrogen and oxygen atoms in total. The van der Waals surface area contributed by atoms with Crippen LogP contribution in [-0.2, 0) is 16.0 Å². The molecule has 1 saturated heterocycles. The molecule has 3 aromatic heterocycles. The summed E-state index contributed by atoms with van der Waals surface area (Å²) in [6.45, 7) is 3.64. The lowest BCUT2D eigenvalue weighted by Crippen LogP contribution is -2.36. The van der Waals surface area contributed by atoms with Gasteiger partial charge in [0, 0.05) is 49.6 Å². The van der Waals surface area contributed by atoms with Crippen molar-refractivity contribution in [2.24, 2.45) is 4.99 Å². The van der Waals surface area contributed by atoms with Crippen LogP contribution in [0.1, 0.15) is 17.5 Å². The number of morpholine rings is 1. The number of ketones is 1. The fourth-order valence-corrected chi connectivity index (χ4v) is 4.73. The number of benzene rings is 1. The third kappa shape index (κ3) is 4.67. The van der Waals surface area contributed by atoms with E-state index in [2.05, 4.69) is 48.0 Å². The minimum Gasteiger partial charge on any atom is -0.378 e. The number of hydrogen-bond acceptors (Lipinski definition) is 7. The van der Waals surface area contributed by atoms with Crippen LogP contribution in [0, 0.1) is 0 Å². The normalized spacial score (nSPS) is 15.7. The number of aromatic amines is 1. The van der Waals surface area contributed by atoms with E-state index >= 15 is 0 Å². The number of fused-ring (bicyclic) bond motifs is 1. The number of aliphatic imine (C=N–C) groups is 1. The minimum atomic E-state index is 0.191. The molecule has 0 radical (unpaired) electrons. The van der Waals surface area contributed by atoms with Crippen molar-refractivity contribution in [3.05, 3.63) is 84.0 Å². The van der Waals surface area contributed by atoms with Gasteiger partial charge in [-0.2, -0.15) is 0 Å². The molecule has 5 heterocycles. The highest BCUT2D eigenvalue weighted by Gasteiger charge is 2.18. The van der Waals surface area contributed by atoms with E-state index in [1.807, 2.05) is 30.3 Å². The lowest BCUT2D eigenvalue weighted by Gasteiger charge is -2.27. The highest BCUT2D eigenvalue weighted by atomic mass is 16.5. The zero-order valence-electron chi connectivity index (χ0n) is 19.9. The Morgan fingerprint density at radius 2 is 1.78 bits per heavy atom. The summed E-state index contributed by atoms with van der Waals surface area (Å²) < 4.78 is 5.48. The van der Waals surface area contributed by atoms with E-state index in [9.17, 15) is 4.79 Å². The zero-order chi connectivity index (χ0) is 24.3. The van der Waals surface area contributed by atoms with Crippen molar-refractivity contribution in [3.63, 3.8) is 0 Å². The Kier molecular flexibility index (Phi) is 6.09. The van der Waals surface area contributed by atoms with E-state index in [0.29, 0.717) is 32.6 Å². The van der Waals surface area contributed by atoms with Gasteiger partial charge in [0.2, 0.25) is 0 Å². The zero-order valence-corrected chi connectivity index (χ0v) is 19.9. The van der Waals surface area contributed by atoms with Gasteiger partial charge in [-0.3, -0.25) is 14.8 Å². The van der Waals surface area contributed by atoms with Crippen molar-refractivity contribution in [3.8, 4) is 11.3 Å². The Labute approximate surface area is 208 Å². The molecule has 8 heteroatoms. The standard InChI is InChI=1S/C28H26N6O2/c35-23(14-20-15-25(30-17-20)22-5-7-29-8-6-22)13-19-1-3-21(4-2-19)26-16-24-27(33-26)31-18-32-28(24)34-9-11-36-12-10-34/h1-8,15-16,18H,9-14,17H2,(H,31,32,33). The minimum absolute atomic E-state index is 0.191. The predicted octanol–water partition coefficient (Wildman–Crippen LogP) is 3.79. The summed E-state index contributed by atoms with van der Waals surface area (Å²) in [5.41, 5.74) is 6.85. The molecule has 0 saturated carbocycles. The maximum atomic E-state index is 12.7. The molecule has 0 unspecified atom stereocenters. The summed E-state index contributed by atoms with van der Waals surface area (Å²) in [6.07, 6.45) is 7.97. The average molecular weight is 479 g/mol. The molecule has 0 bridgehead atoms. The number of aromatic nitrogens is 4. The van der Waals surface area contributed by atoms with Crippen molar-refractivity contribution in [1.29, 1.82) is 0 Å². The van der Waals surface area contributed by atoms with Crippen LogP contribution in [0.25, 0.3) is 22.3 Å². The first-order valence-corrected chi connectivity index (χ1v) is 12.1. The van der Waals surface area contributed by atoms with Crippen molar-refractivity contribution in [1.82, 2.24) is 19.9 Å². The summed E-state index contributed by atoms with van der Waals surface area (Å²) in [5, 5.41) is 1.01. The Balaban J connectivity index is 1.12. The molecule has 0 atom stereocenters. The van der Waals surface area contributed by atoms with Crippen LogP contribution in [0.15, 0.2) is 77.8 Å². The van der Waals surface area contributed by atoms with E-state index in [-0.39, 0.29) is 5.78 Å². The third-order valence-corrected chi connectivity index (χ3v) is 6.58. The predicted molar refractivity (Wildman–Crippen MR) is 139 cm³/mol. The molecule has 2 aliphatic heterocycles. The van der Waals surface area contributed by atoms with Crippen LogP contribution in [0.5, 0.6) is 0 Å². The Bertz CT molecular complexity index is 1450. The number of hydrogen-bond donors (Lipinski definition) is 1. The third-order valence-electron chi connectivity index (χ3n) is 6.58. The molecule has 1 N–H and O–H groups in total. The van der Waals surface area contributed by atoms with E-state index in [0.717, 1.165) is 63.6 Å². The highest BCUT2D eigenvalue weighted by Crippen LogP contribution is 2.29. The number of ether oxygens (including phenoxy) is 1. The molecular formula is C28H26N6O2. The van der Waals surface area contributed by atoms with Gasteiger partial charge in [-0.25, -0.2) is 9.97 Å². The monoisotopic (exact) mass is 478 g/mol. The molecule has 1 fully saturated rings. The van der Waals surface area contributed by atoms with Crippen LogP contribution in [0.3, 0.4) is 0 Å². The SMILES string of the molecule is O=C(CC1=CC(c2ccncc2)=NC1)Cc1ccc(-c2cc3c(N4CCOCC4)ncnc3[nH]2)cc1. The van der Waals surface area contributed by atoms with Crippen LogP contribution in [0.4, 0.5) is 5.82 Å². The molecule has 180 valence electrons. The smallest absolute Gasteiger partial charge is 0.143 e. The van der Waals surface area contributed by atoms with Gasteiger partial charge in [-0.15, -0.1) is 0 Å². The van der Waals surface area contributed by atoms with E-state index in [1.54, 1.807) is 18.7 Å². The Morgan fingerprint density at radius 1 is 0.972 bits per heavy atom. The first kappa shape index (κ1) is 22.3. The first-order valence-electron chi connectivity index (χ1n) is 12.1. The van der Waals surface area contributed by atoms with Gasteiger partial charge >= 0.3 is 0 Å². The lowest BCUT2D eigenvalue weighted by atomic mass is 10.0. The number of carbonyl (C=O) groups is 1. The van der Waals surface area contributed by atoms with Gasteiger partial charge in [0.05, 0.1) is 30.9 Å². The number of anilines is 1. The maximum absolute atomic E-state index is 12.7. The summed E-state index contributed by atoms with van der Waals surface area (Å²) in [7, 11) is 0. The number of nitrogens with zero attached hydrogens (tertiary/aromatic N) is 5. The van der Waals surface area contributed by atoms with Crippen molar-refractivity contribution < 1.29 is 9.53 Å². The van der Waals surface area contributed by atoms with Crippen LogP contribution >= 0.6 is 0 Å². The van der Waals surface area contributed by atoms with Crippen molar-refractivity contribution >= 4 is 28.3 Å². The maximum Gasteiger partial charge on any atom is 0.143 e. The molecular weight excluding hydrogens is 452 g/mol. The van der Waals surface area contributed by atoms with Gasteiger partial charge in [0.15, 0.2) is 0 Å². The second-order valence-electron chi connectivity index (χ2n) is 9.07. The summed E-state index contributed by atoms with van der Waals surface area (Å²) >= 11 is 0. The van der Waals surface area contributed by atoms with Crippen LogP contribution < -0.4 is 4.90 Å². The Morgan fingerprint density at radius 3 is 2.58 bits per heavy atom. The largest absolute Gasteiger partial charge is 0.378 e. The van der Waals surface area contributed by atoms with Gasteiger partial charge in [0.1, 0.15) is 23.6 Å². The number of allylic oxidation sites excluding steroid dienone is 1. The van der Waals surface area contributed by atoms with E-state index in [4.69, 9.17) is 4.74 Å². The molecule has 0 spiro atoms. The number of pyridine rings is 1. The van der Waals surface area contributed by atoms with Gasteiger partial charge in [-0.05, 0) is 41.0 Å². The molecule has 0 aliphatic carbocycles. The first-order chi connectivity index (χ1) is 17.7. The number of nitrogens with one attached hydrogen (secondary N) is 1. The van der Waals surface area contributed by atoms with E-state index < -0.39 is 0 Å². The molecule has 6 rings (SSSR count). The Hall–Kier alpha value is -4.17. The number of carbonyl (C=O) groups excluding carboxylic acids is 1. The number of H-pyrrole nitrogens is 1. The fraction of sp³-hybridized carbons (Fsp3) is 0.250. The second-order valence-corrected chi connectivity index (χ2v) is 9.07. The molecule has 4 aromatic rings. The van der Waals surface area contributed by atoms with Crippen LogP contribution in [-0.4, -0.2) is 64.3 Å². The quantitative estimate of drug-likeness (QED) is 0.434. The van der Waals surface area contributed by atoms with Crippen molar-refractivity contribution in [2.45, 2.75) is 12.8 Å². The van der Waals surface area contributed by atoms with Gasteiger partial charge < -0.3 is 14.6 Å². The lowest BCUT2D eigenvalue weighted by molar-refractivity contribution is -0.117. The fourth-order valence-electron chi connectivity index (χ4n) is 4.73. The number of rotatable bonds is 7. The molecule has 36 heavy (non-hydrogen) atoms. The summed E-state index contributed by atoms with van der Waals surface area (Å²) in [5.74, 6) is 1.13. The molecule has 2 aliphatic rings. The van der Waals surface area contributed by atoms with Gasteiger partial charge in [-0.1, -0.05) is 24.3 Å². The average Bonchev–Trinajstić information content (AvgIpc) is 3.57. The van der Waals surface area contributed by atoms with E-state index in [1.165, 1.54) is 0 Å². The number of Topliss-reactive ketones (excluding diaryl/α,β-unsaturated/α-hetero) is 1. The van der Waals surface area contributed by atoms with Gasteiger partial charge in [0.25, 0.3) is 0 Å². The molecule has 1 aromatic carbocycles. The second kappa shape index (κ2) is 9.83.